The summed E-state index contributed by atoms with van der Waals surface area (Å²) in [6.07, 6.45) is 4.55. The summed E-state index contributed by atoms with van der Waals surface area (Å²) >= 11 is 5.95. The van der Waals surface area contributed by atoms with Crippen LogP contribution in [-0.2, 0) is 5.60 Å². The summed E-state index contributed by atoms with van der Waals surface area (Å²) in [6, 6.07) is 9.91. The molecule has 1 aromatic carbocycles. The van der Waals surface area contributed by atoms with Crippen LogP contribution in [0.15, 0.2) is 61.2 Å². The van der Waals surface area contributed by atoms with E-state index in [4.69, 9.17) is 16.3 Å². The predicted octanol–water partition coefficient (Wildman–Crippen LogP) is 3.50. The fourth-order valence-corrected chi connectivity index (χ4v) is 2.71. The van der Waals surface area contributed by atoms with Gasteiger partial charge in [-0.3, -0.25) is 4.98 Å². The lowest BCUT2D eigenvalue weighted by Gasteiger charge is -2.29. The molecule has 1 unspecified atom stereocenters. The van der Waals surface area contributed by atoms with E-state index in [1.165, 1.54) is 18.6 Å². The first-order chi connectivity index (χ1) is 13.1. The third-order valence-electron chi connectivity index (χ3n) is 4.00. The van der Waals surface area contributed by atoms with Gasteiger partial charge in [-0.05, 0) is 23.8 Å². The molecule has 140 valence electrons. The lowest BCUT2D eigenvalue weighted by atomic mass is 9.82. The van der Waals surface area contributed by atoms with Crippen LogP contribution in [-0.4, -0.2) is 39.5 Å². The molecule has 2 heterocycles. The van der Waals surface area contributed by atoms with E-state index in [-0.39, 0.29) is 6.01 Å². The summed E-state index contributed by atoms with van der Waals surface area (Å²) in [4.78, 5) is 12.0. The summed E-state index contributed by atoms with van der Waals surface area (Å²) in [5.41, 5.74) is -0.239. The Labute approximate surface area is 159 Å². The van der Waals surface area contributed by atoms with Crippen molar-refractivity contribution in [2.24, 2.45) is 0 Å². The van der Waals surface area contributed by atoms with Crippen molar-refractivity contribution in [3.63, 3.8) is 0 Å². The fourth-order valence-electron chi connectivity index (χ4n) is 2.59. The lowest BCUT2D eigenvalue weighted by Crippen LogP contribution is -2.29. The molecular formula is C19H16ClF2N3O2. The van der Waals surface area contributed by atoms with Crippen LogP contribution in [0.2, 0.25) is 5.02 Å². The lowest BCUT2D eigenvalue weighted by molar-refractivity contribution is 0.116. The molecule has 0 radical (unpaired) electrons. The monoisotopic (exact) mass is 391 g/mol. The second-order valence-corrected chi connectivity index (χ2v) is 6.20. The number of pyridine rings is 1. The Hall–Kier alpha value is -2.64. The Bertz CT molecular complexity index is 862. The van der Waals surface area contributed by atoms with Crippen LogP contribution in [0, 0.1) is 0 Å². The first-order valence-corrected chi connectivity index (χ1v) is 8.45. The van der Waals surface area contributed by atoms with Gasteiger partial charge in [0.1, 0.15) is 19.0 Å². The normalized spacial score (nSPS) is 13.4. The topological polar surface area (TPSA) is 68.1 Å². The highest BCUT2D eigenvalue weighted by Crippen LogP contribution is 2.36. The van der Waals surface area contributed by atoms with Gasteiger partial charge in [0.15, 0.2) is 6.10 Å². The minimum atomic E-state index is -1.60. The molecule has 0 bridgehead atoms. The highest BCUT2D eigenvalue weighted by molar-refractivity contribution is 6.30. The molecule has 8 heteroatoms. The number of ether oxygens (including phenoxy) is 1. The van der Waals surface area contributed by atoms with Crippen LogP contribution in [0.5, 0.6) is 6.01 Å². The molecule has 1 atom stereocenters. The molecule has 3 rings (SSSR count). The molecule has 0 aliphatic rings. The van der Waals surface area contributed by atoms with Crippen LogP contribution >= 0.6 is 11.6 Å². The third kappa shape index (κ3) is 4.04. The van der Waals surface area contributed by atoms with E-state index >= 15 is 0 Å². The standard InChI is InChI=1S/C19H16ClF2N3O2/c20-16-5-3-13(4-6-16)19(26,14-2-1-7-23-10-14)15-11-24-18(25-12-15)27-17(8-21)9-22/h1-7,10-12,17,26H,8-9H2. The van der Waals surface area contributed by atoms with Gasteiger partial charge >= 0.3 is 6.01 Å². The zero-order valence-electron chi connectivity index (χ0n) is 14.1. The highest BCUT2D eigenvalue weighted by atomic mass is 35.5. The highest BCUT2D eigenvalue weighted by Gasteiger charge is 2.35. The Morgan fingerprint density at radius 2 is 1.63 bits per heavy atom. The van der Waals surface area contributed by atoms with Crippen molar-refractivity contribution in [3.8, 4) is 6.01 Å². The number of hydrogen-bond acceptors (Lipinski definition) is 5. The van der Waals surface area contributed by atoms with Gasteiger partial charge in [0, 0.05) is 40.9 Å². The molecule has 2 aromatic heterocycles. The van der Waals surface area contributed by atoms with E-state index in [0.29, 0.717) is 21.7 Å². The molecule has 3 aromatic rings. The molecule has 0 amide bonds. The van der Waals surface area contributed by atoms with E-state index in [0.717, 1.165) is 0 Å². The van der Waals surface area contributed by atoms with Crippen LogP contribution < -0.4 is 4.74 Å². The molecule has 0 saturated carbocycles. The first-order valence-electron chi connectivity index (χ1n) is 8.08. The van der Waals surface area contributed by atoms with E-state index in [9.17, 15) is 13.9 Å². The Kier molecular flexibility index (Phi) is 5.93. The van der Waals surface area contributed by atoms with Gasteiger partial charge in [-0.1, -0.05) is 29.8 Å². The second-order valence-electron chi connectivity index (χ2n) is 5.76. The number of benzene rings is 1. The molecule has 5 nitrogen and oxygen atoms in total. The second kappa shape index (κ2) is 8.37. The van der Waals surface area contributed by atoms with Gasteiger partial charge in [0.05, 0.1) is 0 Å². The number of alkyl halides is 2. The van der Waals surface area contributed by atoms with Crippen LogP contribution in [0.3, 0.4) is 0 Å². The third-order valence-corrected chi connectivity index (χ3v) is 4.26. The predicted molar refractivity (Wildman–Crippen MR) is 96.2 cm³/mol. The van der Waals surface area contributed by atoms with Gasteiger partial charge in [-0.15, -0.1) is 0 Å². The van der Waals surface area contributed by atoms with Crippen LogP contribution in [0.1, 0.15) is 16.7 Å². The molecule has 0 fully saturated rings. The zero-order valence-corrected chi connectivity index (χ0v) is 14.9. The average molecular weight is 392 g/mol. The van der Waals surface area contributed by atoms with Crippen molar-refractivity contribution in [1.82, 2.24) is 15.0 Å². The van der Waals surface area contributed by atoms with E-state index in [2.05, 4.69) is 15.0 Å². The summed E-state index contributed by atoms with van der Waals surface area (Å²) in [5.74, 6) is 0. The van der Waals surface area contributed by atoms with Crippen LogP contribution in [0.4, 0.5) is 8.78 Å². The number of halogens is 3. The Morgan fingerprint density at radius 3 is 2.19 bits per heavy atom. The molecule has 27 heavy (non-hydrogen) atoms. The fraction of sp³-hybridized carbons (Fsp3) is 0.211. The number of nitrogens with zero attached hydrogens (tertiary/aromatic N) is 3. The Morgan fingerprint density at radius 1 is 0.963 bits per heavy atom. The zero-order chi connectivity index (χ0) is 19.3. The van der Waals surface area contributed by atoms with E-state index < -0.39 is 25.1 Å². The largest absolute Gasteiger partial charge is 0.455 e. The average Bonchev–Trinajstić information content (AvgIpc) is 2.73. The van der Waals surface area contributed by atoms with Crippen molar-refractivity contribution < 1.29 is 18.6 Å². The maximum Gasteiger partial charge on any atom is 0.316 e. The summed E-state index contributed by atoms with van der Waals surface area (Å²) in [7, 11) is 0. The van der Waals surface area contributed by atoms with Crippen molar-refractivity contribution in [2.75, 3.05) is 13.3 Å². The SMILES string of the molecule is OC(c1ccc(Cl)cc1)(c1cccnc1)c1cnc(OC(CF)CF)nc1. The van der Waals surface area contributed by atoms with Gasteiger partial charge in [0.2, 0.25) is 0 Å². The minimum absolute atomic E-state index is 0.177. The van der Waals surface area contributed by atoms with Crippen LogP contribution in [0.25, 0.3) is 0 Å². The number of aliphatic hydroxyl groups is 1. The van der Waals surface area contributed by atoms with E-state index in [1.807, 2.05) is 0 Å². The number of aromatic nitrogens is 3. The molecule has 0 spiro atoms. The van der Waals surface area contributed by atoms with Crippen molar-refractivity contribution in [2.45, 2.75) is 11.7 Å². The smallest absolute Gasteiger partial charge is 0.316 e. The molecule has 0 saturated heterocycles. The minimum Gasteiger partial charge on any atom is -0.455 e. The number of rotatable bonds is 7. The summed E-state index contributed by atoms with van der Waals surface area (Å²) in [6.45, 7) is -1.99. The summed E-state index contributed by atoms with van der Waals surface area (Å²) < 4.78 is 30.2. The van der Waals surface area contributed by atoms with Crippen molar-refractivity contribution in [3.05, 3.63) is 82.9 Å². The molecular weight excluding hydrogens is 376 g/mol. The van der Waals surface area contributed by atoms with Gasteiger partial charge in [0.25, 0.3) is 0 Å². The first kappa shape index (κ1) is 19.1. The quantitative estimate of drug-likeness (QED) is 0.667. The van der Waals surface area contributed by atoms with Crippen molar-refractivity contribution >= 4 is 11.6 Å². The maximum absolute atomic E-state index is 12.6. The molecule has 1 N–H and O–H groups in total. The van der Waals surface area contributed by atoms with Gasteiger partial charge in [-0.25, -0.2) is 18.7 Å². The van der Waals surface area contributed by atoms with Gasteiger partial charge in [-0.2, -0.15) is 0 Å². The summed E-state index contributed by atoms with van der Waals surface area (Å²) in [5, 5.41) is 12.1. The molecule has 0 aliphatic heterocycles. The van der Waals surface area contributed by atoms with Crippen molar-refractivity contribution in [1.29, 1.82) is 0 Å². The van der Waals surface area contributed by atoms with Gasteiger partial charge < -0.3 is 9.84 Å². The Balaban J connectivity index is 2.02. The number of hydrogen-bond donors (Lipinski definition) is 1. The maximum atomic E-state index is 12.6. The molecule has 0 aliphatic carbocycles. The van der Waals surface area contributed by atoms with E-state index in [1.54, 1.807) is 42.6 Å².